The molecule has 0 aromatic heterocycles. The van der Waals surface area contributed by atoms with Gasteiger partial charge in [-0.3, -0.25) is 4.79 Å². The molecular formula is C21H25BrClN3O. The molecule has 0 fully saturated rings. The molecule has 2 N–H and O–H groups in total. The minimum Gasteiger partial charge on any atom is -0.375 e. The first kappa shape index (κ1) is 21.5. The lowest BCUT2D eigenvalue weighted by atomic mass is 10.0. The van der Waals surface area contributed by atoms with Crippen molar-refractivity contribution in [2.45, 2.75) is 39.0 Å². The molecule has 2 aromatic rings. The van der Waals surface area contributed by atoms with Gasteiger partial charge < -0.3 is 5.32 Å². The summed E-state index contributed by atoms with van der Waals surface area (Å²) in [5, 5.41) is 8.10. The number of unbranched alkanes of at least 4 members (excludes halogenated alkanes) is 3. The van der Waals surface area contributed by atoms with Crippen LogP contribution in [0.4, 0.5) is 5.69 Å². The minimum absolute atomic E-state index is 0.127. The molecule has 0 unspecified atom stereocenters. The zero-order valence-electron chi connectivity index (χ0n) is 15.5. The van der Waals surface area contributed by atoms with E-state index < -0.39 is 0 Å². The predicted octanol–water partition coefficient (Wildman–Crippen LogP) is 6.01. The second-order valence-electron chi connectivity index (χ2n) is 6.25. The summed E-state index contributed by atoms with van der Waals surface area (Å²) < 4.78 is 0.812. The monoisotopic (exact) mass is 449 g/mol. The number of hydrogen-bond acceptors (Lipinski definition) is 3. The standard InChI is InChI=1S/C21H25BrClN3O/c1-2-3-4-8-11-19(16-9-6-5-7-10-16)25-26-21(27)15-24-20-13-12-17(23)14-18(20)22/h5-7,9-10,12-14,24H,2-4,8,11,15H2,1H3,(H,26,27)/b25-19+. The van der Waals surface area contributed by atoms with Crippen molar-refractivity contribution in [3.63, 3.8) is 0 Å². The van der Waals surface area contributed by atoms with Gasteiger partial charge in [0.05, 0.1) is 12.3 Å². The van der Waals surface area contributed by atoms with Crippen molar-refractivity contribution in [1.82, 2.24) is 5.43 Å². The molecule has 4 nitrogen and oxygen atoms in total. The Hall–Kier alpha value is -1.85. The van der Waals surface area contributed by atoms with Crippen molar-refractivity contribution in [2.24, 2.45) is 5.10 Å². The molecule has 1 amide bonds. The fourth-order valence-electron chi connectivity index (χ4n) is 2.59. The van der Waals surface area contributed by atoms with Crippen LogP contribution in [0.2, 0.25) is 5.02 Å². The molecule has 0 aliphatic rings. The highest BCUT2D eigenvalue weighted by atomic mass is 79.9. The van der Waals surface area contributed by atoms with Crippen LogP contribution in [0.5, 0.6) is 0 Å². The van der Waals surface area contributed by atoms with E-state index in [2.05, 4.69) is 38.7 Å². The Balaban J connectivity index is 1.93. The Bertz CT molecular complexity index is 765. The summed E-state index contributed by atoms with van der Waals surface area (Å²) >= 11 is 9.35. The van der Waals surface area contributed by atoms with Crippen LogP contribution in [0.1, 0.15) is 44.6 Å². The molecule has 0 bridgehead atoms. The third-order valence-corrected chi connectivity index (χ3v) is 4.95. The van der Waals surface area contributed by atoms with Crippen molar-refractivity contribution < 1.29 is 4.79 Å². The fourth-order valence-corrected chi connectivity index (χ4v) is 3.42. The van der Waals surface area contributed by atoms with Crippen LogP contribution in [-0.2, 0) is 4.79 Å². The Morgan fingerprint density at radius 2 is 1.89 bits per heavy atom. The number of hydrazone groups is 1. The van der Waals surface area contributed by atoms with Crippen molar-refractivity contribution >= 4 is 44.8 Å². The average Bonchev–Trinajstić information content (AvgIpc) is 2.67. The van der Waals surface area contributed by atoms with Gasteiger partial charge in [0.2, 0.25) is 0 Å². The van der Waals surface area contributed by atoms with E-state index in [0.29, 0.717) is 5.02 Å². The smallest absolute Gasteiger partial charge is 0.259 e. The van der Waals surface area contributed by atoms with Gasteiger partial charge in [-0.05, 0) is 52.5 Å². The minimum atomic E-state index is -0.196. The topological polar surface area (TPSA) is 53.5 Å². The summed E-state index contributed by atoms with van der Waals surface area (Å²) in [7, 11) is 0. The average molecular weight is 451 g/mol. The molecule has 0 spiro atoms. The Labute approximate surface area is 174 Å². The van der Waals surface area contributed by atoms with Crippen molar-refractivity contribution in [3.8, 4) is 0 Å². The summed E-state index contributed by atoms with van der Waals surface area (Å²) in [6.07, 6.45) is 5.49. The molecule has 0 aliphatic carbocycles. The molecule has 6 heteroatoms. The van der Waals surface area contributed by atoms with Gasteiger partial charge in [0.1, 0.15) is 0 Å². The van der Waals surface area contributed by atoms with E-state index >= 15 is 0 Å². The van der Waals surface area contributed by atoms with Crippen molar-refractivity contribution in [3.05, 3.63) is 63.6 Å². The highest BCUT2D eigenvalue weighted by Gasteiger charge is 2.07. The first-order valence-corrected chi connectivity index (χ1v) is 10.4. The highest BCUT2D eigenvalue weighted by molar-refractivity contribution is 9.10. The molecule has 0 radical (unpaired) electrons. The number of nitrogens with one attached hydrogen (secondary N) is 2. The number of carbonyl (C=O) groups excluding carboxylic acids is 1. The van der Waals surface area contributed by atoms with E-state index in [-0.39, 0.29) is 12.5 Å². The maximum absolute atomic E-state index is 12.2. The molecule has 0 aliphatic heterocycles. The first-order valence-electron chi connectivity index (χ1n) is 9.20. The van der Waals surface area contributed by atoms with Gasteiger partial charge in [-0.2, -0.15) is 5.10 Å². The highest BCUT2D eigenvalue weighted by Crippen LogP contribution is 2.25. The number of anilines is 1. The second kappa shape index (κ2) is 11.8. The van der Waals surface area contributed by atoms with Gasteiger partial charge in [-0.25, -0.2) is 5.43 Å². The van der Waals surface area contributed by atoms with E-state index in [1.165, 1.54) is 19.3 Å². The van der Waals surface area contributed by atoms with Crippen LogP contribution >= 0.6 is 27.5 Å². The summed E-state index contributed by atoms with van der Waals surface area (Å²) in [4.78, 5) is 12.2. The van der Waals surface area contributed by atoms with Crippen LogP contribution in [0, 0.1) is 0 Å². The van der Waals surface area contributed by atoms with Crippen LogP contribution in [-0.4, -0.2) is 18.2 Å². The summed E-state index contributed by atoms with van der Waals surface area (Å²) in [5.41, 5.74) is 5.43. The molecular weight excluding hydrogens is 426 g/mol. The zero-order valence-corrected chi connectivity index (χ0v) is 17.8. The van der Waals surface area contributed by atoms with Crippen LogP contribution < -0.4 is 10.7 Å². The molecule has 144 valence electrons. The van der Waals surface area contributed by atoms with Gasteiger partial charge in [-0.1, -0.05) is 68.1 Å². The molecule has 27 heavy (non-hydrogen) atoms. The first-order chi connectivity index (χ1) is 13.1. The molecule has 0 atom stereocenters. The number of hydrogen-bond donors (Lipinski definition) is 2. The van der Waals surface area contributed by atoms with Gasteiger partial charge >= 0.3 is 0 Å². The third-order valence-electron chi connectivity index (χ3n) is 4.06. The largest absolute Gasteiger partial charge is 0.375 e. The van der Waals surface area contributed by atoms with Gasteiger partial charge in [0.25, 0.3) is 5.91 Å². The molecule has 2 aromatic carbocycles. The normalized spacial score (nSPS) is 11.3. The van der Waals surface area contributed by atoms with Crippen LogP contribution in [0.25, 0.3) is 0 Å². The maximum atomic E-state index is 12.2. The fraction of sp³-hybridized carbons (Fsp3) is 0.333. The molecule has 0 saturated heterocycles. The van der Waals surface area contributed by atoms with E-state index in [9.17, 15) is 4.79 Å². The van der Waals surface area contributed by atoms with Crippen LogP contribution in [0.3, 0.4) is 0 Å². The number of amides is 1. The second-order valence-corrected chi connectivity index (χ2v) is 7.54. The SMILES string of the molecule is CCCCCC/C(=N\NC(=O)CNc1ccc(Cl)cc1Br)c1ccccc1. The maximum Gasteiger partial charge on any atom is 0.259 e. The van der Waals surface area contributed by atoms with E-state index in [4.69, 9.17) is 11.6 Å². The lowest BCUT2D eigenvalue weighted by Gasteiger charge is -2.10. The molecule has 0 saturated carbocycles. The number of carbonyl (C=O) groups is 1. The lowest BCUT2D eigenvalue weighted by Crippen LogP contribution is -2.27. The van der Waals surface area contributed by atoms with Crippen molar-refractivity contribution in [2.75, 3.05) is 11.9 Å². The summed E-state index contributed by atoms with van der Waals surface area (Å²) in [6, 6.07) is 15.4. The molecule has 2 rings (SSSR count). The Kier molecular flexibility index (Phi) is 9.36. The van der Waals surface area contributed by atoms with E-state index in [1.54, 1.807) is 12.1 Å². The Morgan fingerprint density at radius 3 is 2.59 bits per heavy atom. The molecule has 0 heterocycles. The lowest BCUT2D eigenvalue weighted by molar-refractivity contribution is -0.119. The van der Waals surface area contributed by atoms with Gasteiger partial charge in [0, 0.05) is 15.2 Å². The number of nitrogens with zero attached hydrogens (tertiary/aromatic N) is 1. The quantitative estimate of drug-likeness (QED) is 0.265. The van der Waals surface area contributed by atoms with Crippen LogP contribution in [0.15, 0.2) is 58.1 Å². The zero-order chi connectivity index (χ0) is 19.5. The predicted molar refractivity (Wildman–Crippen MR) is 118 cm³/mol. The van der Waals surface area contributed by atoms with E-state index in [0.717, 1.165) is 34.3 Å². The Morgan fingerprint density at radius 1 is 1.11 bits per heavy atom. The van der Waals surface area contributed by atoms with E-state index in [1.807, 2.05) is 36.4 Å². The number of halogens is 2. The number of rotatable bonds is 10. The van der Waals surface area contributed by atoms with Crippen molar-refractivity contribution in [1.29, 1.82) is 0 Å². The summed E-state index contributed by atoms with van der Waals surface area (Å²) in [5.74, 6) is -0.196. The number of benzene rings is 2. The summed E-state index contributed by atoms with van der Waals surface area (Å²) in [6.45, 7) is 2.32. The van der Waals surface area contributed by atoms with Gasteiger partial charge in [0.15, 0.2) is 0 Å². The third kappa shape index (κ3) is 7.73. The van der Waals surface area contributed by atoms with Gasteiger partial charge in [-0.15, -0.1) is 0 Å².